The van der Waals surface area contributed by atoms with Gasteiger partial charge in [-0.2, -0.15) is 0 Å². The average Bonchev–Trinajstić information content (AvgIpc) is 2.96. The first-order valence-electron chi connectivity index (χ1n) is 6.79. The lowest BCUT2D eigenvalue weighted by Crippen LogP contribution is -2.25. The molecule has 0 atom stereocenters. The van der Waals surface area contributed by atoms with E-state index in [0.717, 1.165) is 17.1 Å². The summed E-state index contributed by atoms with van der Waals surface area (Å²) >= 11 is 0. The number of imidazole rings is 1. The summed E-state index contributed by atoms with van der Waals surface area (Å²) in [5.74, 6) is -1.47. The first-order chi connectivity index (χ1) is 10.6. The largest absolute Gasteiger partial charge is 0.352 e. The molecular formula is C16H13F2N3O. The lowest BCUT2D eigenvalue weighted by molar-refractivity contribution is 0.0954. The van der Waals surface area contributed by atoms with Gasteiger partial charge in [0.1, 0.15) is 11.6 Å². The number of nitrogens with one attached hydrogen (secondary N) is 2. The molecule has 6 heteroatoms. The number of aromatic nitrogens is 2. The van der Waals surface area contributed by atoms with Crippen LogP contribution >= 0.6 is 0 Å². The first-order valence-corrected chi connectivity index (χ1v) is 6.79. The van der Waals surface area contributed by atoms with Crippen LogP contribution in [0.2, 0.25) is 0 Å². The first kappa shape index (κ1) is 14.2. The molecule has 0 aliphatic heterocycles. The van der Waals surface area contributed by atoms with Crippen LogP contribution in [0.1, 0.15) is 15.9 Å². The Morgan fingerprint density at radius 1 is 1.18 bits per heavy atom. The van der Waals surface area contributed by atoms with Crippen molar-refractivity contribution in [2.75, 3.05) is 6.54 Å². The van der Waals surface area contributed by atoms with Gasteiger partial charge in [0.05, 0.1) is 17.4 Å². The van der Waals surface area contributed by atoms with Crippen LogP contribution in [0.25, 0.3) is 11.0 Å². The van der Waals surface area contributed by atoms with Crippen LogP contribution in [-0.2, 0) is 6.42 Å². The van der Waals surface area contributed by atoms with Gasteiger partial charge in [-0.25, -0.2) is 13.8 Å². The third kappa shape index (κ3) is 2.95. The summed E-state index contributed by atoms with van der Waals surface area (Å²) < 4.78 is 26.3. The maximum atomic E-state index is 13.5. The van der Waals surface area contributed by atoms with Crippen molar-refractivity contribution >= 4 is 16.9 Å². The maximum Gasteiger partial charge on any atom is 0.251 e. The van der Waals surface area contributed by atoms with Gasteiger partial charge >= 0.3 is 0 Å². The Hall–Kier alpha value is -2.76. The summed E-state index contributed by atoms with van der Waals surface area (Å²) in [7, 11) is 0. The van der Waals surface area contributed by atoms with Gasteiger partial charge in [-0.1, -0.05) is 6.07 Å². The second-order valence-electron chi connectivity index (χ2n) is 4.88. The lowest BCUT2D eigenvalue weighted by Gasteiger charge is -2.06. The van der Waals surface area contributed by atoms with Gasteiger partial charge in [-0.15, -0.1) is 0 Å². The van der Waals surface area contributed by atoms with Crippen molar-refractivity contribution in [3.63, 3.8) is 0 Å². The molecule has 2 N–H and O–H groups in total. The zero-order valence-electron chi connectivity index (χ0n) is 11.6. The molecule has 0 unspecified atom stereocenters. The van der Waals surface area contributed by atoms with Crippen LogP contribution in [0.15, 0.2) is 42.7 Å². The Kier molecular flexibility index (Phi) is 3.82. The molecule has 3 rings (SSSR count). The van der Waals surface area contributed by atoms with E-state index in [-0.39, 0.29) is 12.5 Å². The van der Waals surface area contributed by atoms with E-state index in [9.17, 15) is 13.6 Å². The summed E-state index contributed by atoms with van der Waals surface area (Å²) in [5, 5.41) is 2.71. The predicted molar refractivity (Wildman–Crippen MR) is 78.5 cm³/mol. The fraction of sp³-hybridized carbons (Fsp3) is 0.125. The average molecular weight is 301 g/mol. The molecule has 1 heterocycles. The van der Waals surface area contributed by atoms with E-state index in [1.807, 2.05) is 0 Å². The third-order valence-electron chi connectivity index (χ3n) is 3.38. The Morgan fingerprint density at radius 2 is 2.05 bits per heavy atom. The molecule has 0 bridgehead atoms. The number of nitrogens with zero attached hydrogens (tertiary/aromatic N) is 1. The van der Waals surface area contributed by atoms with Crippen LogP contribution in [-0.4, -0.2) is 22.4 Å². The molecule has 0 saturated heterocycles. The molecule has 1 amide bonds. The maximum absolute atomic E-state index is 13.5. The van der Waals surface area contributed by atoms with Gasteiger partial charge in [0.25, 0.3) is 5.91 Å². The topological polar surface area (TPSA) is 57.8 Å². The van der Waals surface area contributed by atoms with Gasteiger partial charge in [0, 0.05) is 18.2 Å². The number of hydrogen-bond acceptors (Lipinski definition) is 2. The Morgan fingerprint density at radius 3 is 2.86 bits per heavy atom. The number of fused-ring (bicyclic) bond motifs is 1. The number of carbonyl (C=O) groups excluding carboxylic acids is 1. The van der Waals surface area contributed by atoms with E-state index in [4.69, 9.17) is 0 Å². The molecule has 4 nitrogen and oxygen atoms in total. The van der Waals surface area contributed by atoms with Crippen LogP contribution in [0.3, 0.4) is 0 Å². The second kappa shape index (κ2) is 5.93. The fourth-order valence-corrected chi connectivity index (χ4v) is 2.21. The van der Waals surface area contributed by atoms with E-state index in [0.29, 0.717) is 17.5 Å². The number of halogens is 2. The highest BCUT2D eigenvalue weighted by Gasteiger charge is 2.08. The van der Waals surface area contributed by atoms with Crippen LogP contribution in [0.4, 0.5) is 8.78 Å². The normalized spacial score (nSPS) is 10.8. The molecule has 0 radical (unpaired) electrons. The van der Waals surface area contributed by atoms with Gasteiger partial charge < -0.3 is 10.3 Å². The molecule has 112 valence electrons. The molecular weight excluding hydrogens is 288 g/mol. The number of rotatable bonds is 4. The lowest BCUT2D eigenvalue weighted by atomic mass is 10.1. The SMILES string of the molecule is O=C(NCCc1ccc(F)cc1F)c1ccc2nc[nH]c2c1. The number of aromatic amines is 1. The van der Waals surface area contributed by atoms with Crippen molar-refractivity contribution in [1.29, 1.82) is 0 Å². The molecule has 0 spiro atoms. The predicted octanol–water partition coefficient (Wildman–Crippen LogP) is 2.81. The molecule has 0 aliphatic rings. The smallest absolute Gasteiger partial charge is 0.251 e. The van der Waals surface area contributed by atoms with Crippen molar-refractivity contribution in [2.45, 2.75) is 6.42 Å². The minimum atomic E-state index is -0.613. The quantitative estimate of drug-likeness (QED) is 0.778. The monoisotopic (exact) mass is 301 g/mol. The zero-order chi connectivity index (χ0) is 15.5. The molecule has 0 aliphatic carbocycles. The standard InChI is InChI=1S/C16H13F2N3O/c17-12-3-1-10(13(18)8-12)5-6-19-16(22)11-2-4-14-15(7-11)21-9-20-14/h1-4,7-9H,5-6H2,(H,19,22)(H,20,21). The van der Waals surface area contributed by atoms with Gasteiger partial charge in [0.2, 0.25) is 0 Å². The van der Waals surface area contributed by atoms with Gasteiger partial charge in [-0.05, 0) is 36.2 Å². The molecule has 0 fully saturated rings. The summed E-state index contributed by atoms with van der Waals surface area (Å²) in [5.41, 5.74) is 2.42. The fourth-order valence-electron chi connectivity index (χ4n) is 2.21. The third-order valence-corrected chi connectivity index (χ3v) is 3.38. The molecule has 0 saturated carbocycles. The zero-order valence-corrected chi connectivity index (χ0v) is 11.6. The second-order valence-corrected chi connectivity index (χ2v) is 4.88. The number of hydrogen-bond donors (Lipinski definition) is 2. The van der Waals surface area contributed by atoms with Gasteiger partial charge in [-0.3, -0.25) is 4.79 Å². The Labute approximate surface area is 125 Å². The Balaban J connectivity index is 1.62. The minimum Gasteiger partial charge on any atom is -0.352 e. The van der Waals surface area contributed by atoms with Crippen molar-refractivity contribution in [1.82, 2.24) is 15.3 Å². The highest BCUT2D eigenvalue weighted by Crippen LogP contribution is 2.12. The van der Waals surface area contributed by atoms with E-state index >= 15 is 0 Å². The summed E-state index contributed by atoms with van der Waals surface area (Å²) in [4.78, 5) is 19.1. The molecule has 22 heavy (non-hydrogen) atoms. The molecule has 2 aromatic carbocycles. The summed E-state index contributed by atoms with van der Waals surface area (Å²) in [6, 6.07) is 8.55. The highest BCUT2D eigenvalue weighted by molar-refractivity contribution is 5.97. The van der Waals surface area contributed by atoms with Crippen molar-refractivity contribution in [3.05, 3.63) is 65.5 Å². The van der Waals surface area contributed by atoms with E-state index < -0.39 is 11.6 Å². The Bertz CT molecular complexity index is 829. The van der Waals surface area contributed by atoms with Crippen molar-refractivity contribution < 1.29 is 13.6 Å². The van der Waals surface area contributed by atoms with E-state index in [1.54, 1.807) is 24.5 Å². The van der Waals surface area contributed by atoms with Crippen molar-refractivity contribution in [2.24, 2.45) is 0 Å². The van der Waals surface area contributed by atoms with E-state index in [2.05, 4.69) is 15.3 Å². The summed E-state index contributed by atoms with van der Waals surface area (Å²) in [6.45, 7) is 0.266. The van der Waals surface area contributed by atoms with Crippen molar-refractivity contribution in [3.8, 4) is 0 Å². The highest BCUT2D eigenvalue weighted by atomic mass is 19.1. The van der Waals surface area contributed by atoms with Crippen LogP contribution in [0, 0.1) is 11.6 Å². The van der Waals surface area contributed by atoms with Gasteiger partial charge in [0.15, 0.2) is 0 Å². The van der Waals surface area contributed by atoms with Crippen LogP contribution in [0.5, 0.6) is 0 Å². The summed E-state index contributed by atoms with van der Waals surface area (Å²) in [6.07, 6.45) is 1.85. The minimum absolute atomic E-state index is 0.251. The number of H-pyrrole nitrogens is 1. The number of carbonyl (C=O) groups is 1. The van der Waals surface area contributed by atoms with Crippen LogP contribution < -0.4 is 5.32 Å². The molecule has 1 aromatic heterocycles. The molecule has 3 aromatic rings. The van der Waals surface area contributed by atoms with E-state index in [1.165, 1.54) is 12.1 Å². The number of amides is 1. The number of benzene rings is 2.